The predicted octanol–water partition coefficient (Wildman–Crippen LogP) is 1.61. The Kier molecular flexibility index (Phi) is 4.63. The lowest BCUT2D eigenvalue weighted by Gasteiger charge is -2.20. The van der Waals surface area contributed by atoms with Crippen LogP contribution in [-0.4, -0.2) is 24.7 Å². The van der Waals surface area contributed by atoms with E-state index in [0.29, 0.717) is 12.2 Å². The van der Waals surface area contributed by atoms with Gasteiger partial charge in [-0.05, 0) is 34.1 Å². The molecular formula is C12H24N4O2S. The molecule has 0 saturated heterocycles. The van der Waals surface area contributed by atoms with Crippen LogP contribution in [-0.2, 0) is 15.6 Å². The number of sulfonamides is 1. The molecule has 0 aliphatic heterocycles. The van der Waals surface area contributed by atoms with Crippen LogP contribution in [0.25, 0.3) is 0 Å². The van der Waals surface area contributed by atoms with E-state index in [4.69, 9.17) is 5.73 Å². The zero-order chi connectivity index (χ0) is 14.8. The van der Waals surface area contributed by atoms with Crippen molar-refractivity contribution in [2.45, 2.75) is 57.9 Å². The highest BCUT2D eigenvalue weighted by molar-refractivity contribution is 7.89. The zero-order valence-corrected chi connectivity index (χ0v) is 13.1. The van der Waals surface area contributed by atoms with E-state index >= 15 is 0 Å². The number of nitrogen functional groups attached to an aromatic ring is 1. The van der Waals surface area contributed by atoms with Crippen LogP contribution in [0.1, 0.15) is 46.2 Å². The molecule has 0 bridgehead atoms. The van der Waals surface area contributed by atoms with Gasteiger partial charge in [-0.3, -0.25) is 0 Å². The Bertz CT molecular complexity index is 541. The number of nitrogens with one attached hydrogen (secondary N) is 1. The van der Waals surface area contributed by atoms with Gasteiger partial charge in [0.1, 0.15) is 10.7 Å². The van der Waals surface area contributed by atoms with Gasteiger partial charge in [-0.2, -0.15) is 5.10 Å². The molecule has 0 amide bonds. The van der Waals surface area contributed by atoms with Gasteiger partial charge in [0.2, 0.25) is 10.0 Å². The van der Waals surface area contributed by atoms with E-state index in [1.165, 1.54) is 0 Å². The minimum atomic E-state index is -3.59. The summed E-state index contributed by atoms with van der Waals surface area (Å²) in [5, 5.41) is 4.25. The monoisotopic (exact) mass is 288 g/mol. The third-order valence-electron chi connectivity index (χ3n) is 2.77. The molecule has 1 aromatic heterocycles. The van der Waals surface area contributed by atoms with E-state index in [9.17, 15) is 8.42 Å². The fraction of sp³-hybridized carbons (Fsp3) is 0.750. The van der Waals surface area contributed by atoms with Crippen molar-refractivity contribution in [2.24, 2.45) is 0 Å². The standard InChI is InChI=1S/C12H24N4O2S/c1-6-7-8-14-19(17,18)10-9(2)15-16(11(10)13)12(3,4)5/h14H,6-8,13H2,1-5H3. The third kappa shape index (κ3) is 3.48. The molecule has 19 heavy (non-hydrogen) atoms. The highest BCUT2D eigenvalue weighted by atomic mass is 32.2. The quantitative estimate of drug-likeness (QED) is 0.805. The number of hydrogen-bond acceptors (Lipinski definition) is 4. The Hall–Kier alpha value is -1.08. The summed E-state index contributed by atoms with van der Waals surface area (Å²) in [6, 6.07) is 0. The number of aryl methyl sites for hydroxylation is 1. The van der Waals surface area contributed by atoms with Crippen molar-refractivity contribution in [3.8, 4) is 0 Å². The van der Waals surface area contributed by atoms with E-state index in [1.54, 1.807) is 11.6 Å². The highest BCUT2D eigenvalue weighted by Gasteiger charge is 2.28. The van der Waals surface area contributed by atoms with Crippen LogP contribution in [0.4, 0.5) is 5.82 Å². The number of nitrogens with two attached hydrogens (primary N) is 1. The predicted molar refractivity (Wildman–Crippen MR) is 76.5 cm³/mol. The van der Waals surface area contributed by atoms with E-state index < -0.39 is 10.0 Å². The lowest BCUT2D eigenvalue weighted by Crippen LogP contribution is -2.27. The van der Waals surface area contributed by atoms with Gasteiger partial charge in [0, 0.05) is 6.54 Å². The molecule has 0 unspecified atom stereocenters. The maximum atomic E-state index is 12.2. The molecule has 0 fully saturated rings. The van der Waals surface area contributed by atoms with Crippen molar-refractivity contribution in [1.82, 2.24) is 14.5 Å². The Morgan fingerprint density at radius 2 is 1.95 bits per heavy atom. The van der Waals surface area contributed by atoms with Gasteiger partial charge in [0.05, 0.1) is 11.2 Å². The molecule has 0 aromatic carbocycles. The van der Waals surface area contributed by atoms with Crippen LogP contribution in [0.2, 0.25) is 0 Å². The molecule has 1 aromatic rings. The van der Waals surface area contributed by atoms with Gasteiger partial charge < -0.3 is 5.73 Å². The Labute approximate surface area is 115 Å². The van der Waals surface area contributed by atoms with Crippen molar-refractivity contribution in [1.29, 1.82) is 0 Å². The van der Waals surface area contributed by atoms with Crippen LogP contribution in [0, 0.1) is 6.92 Å². The summed E-state index contributed by atoms with van der Waals surface area (Å²) in [4.78, 5) is 0.0959. The average Bonchev–Trinajstić information content (AvgIpc) is 2.54. The number of rotatable bonds is 5. The SMILES string of the molecule is CCCCNS(=O)(=O)c1c(C)nn(C(C)(C)C)c1N. The summed E-state index contributed by atoms with van der Waals surface area (Å²) in [6.45, 7) is 9.86. The number of anilines is 1. The first-order chi connectivity index (χ1) is 8.61. The molecule has 110 valence electrons. The van der Waals surface area contributed by atoms with E-state index in [2.05, 4.69) is 9.82 Å². The summed E-state index contributed by atoms with van der Waals surface area (Å²) in [6.07, 6.45) is 1.73. The van der Waals surface area contributed by atoms with Crippen molar-refractivity contribution in [2.75, 3.05) is 12.3 Å². The van der Waals surface area contributed by atoms with Crippen molar-refractivity contribution in [3.05, 3.63) is 5.69 Å². The van der Waals surface area contributed by atoms with Crippen molar-refractivity contribution in [3.63, 3.8) is 0 Å². The fourth-order valence-electron chi connectivity index (χ4n) is 1.83. The summed E-state index contributed by atoms with van der Waals surface area (Å²) >= 11 is 0. The first-order valence-corrected chi connectivity index (χ1v) is 7.94. The van der Waals surface area contributed by atoms with Crippen LogP contribution >= 0.6 is 0 Å². The molecular weight excluding hydrogens is 264 g/mol. The van der Waals surface area contributed by atoms with Crippen molar-refractivity contribution >= 4 is 15.8 Å². The molecule has 0 radical (unpaired) electrons. The second-order valence-electron chi connectivity index (χ2n) is 5.63. The second-order valence-corrected chi connectivity index (χ2v) is 7.34. The zero-order valence-electron chi connectivity index (χ0n) is 12.3. The molecule has 0 saturated carbocycles. The molecule has 3 N–H and O–H groups in total. The summed E-state index contributed by atoms with van der Waals surface area (Å²) in [5.41, 5.74) is 6.03. The van der Waals surface area contributed by atoms with Gasteiger partial charge in [-0.25, -0.2) is 17.8 Å². The molecule has 1 rings (SSSR count). The molecule has 0 aliphatic carbocycles. The Morgan fingerprint density at radius 1 is 1.37 bits per heavy atom. The van der Waals surface area contributed by atoms with Crippen LogP contribution < -0.4 is 10.5 Å². The molecule has 0 spiro atoms. The lowest BCUT2D eigenvalue weighted by molar-refractivity contribution is 0.360. The van der Waals surface area contributed by atoms with Crippen LogP contribution in [0.5, 0.6) is 0 Å². The molecule has 0 atom stereocenters. The fourth-order valence-corrected chi connectivity index (χ4v) is 3.18. The summed E-state index contributed by atoms with van der Waals surface area (Å²) < 4.78 is 28.6. The second kappa shape index (κ2) is 5.50. The van der Waals surface area contributed by atoms with Crippen LogP contribution in [0.3, 0.4) is 0 Å². The van der Waals surface area contributed by atoms with Gasteiger partial charge in [0.25, 0.3) is 0 Å². The minimum absolute atomic E-state index is 0.0959. The number of hydrogen-bond donors (Lipinski definition) is 2. The normalized spacial score (nSPS) is 12.9. The smallest absolute Gasteiger partial charge is 0.246 e. The largest absolute Gasteiger partial charge is 0.383 e. The van der Waals surface area contributed by atoms with Gasteiger partial charge in [-0.1, -0.05) is 13.3 Å². The summed E-state index contributed by atoms with van der Waals surface area (Å²) in [7, 11) is -3.59. The third-order valence-corrected chi connectivity index (χ3v) is 4.39. The van der Waals surface area contributed by atoms with E-state index in [1.807, 2.05) is 27.7 Å². The van der Waals surface area contributed by atoms with Gasteiger partial charge >= 0.3 is 0 Å². The Balaban J connectivity index is 3.18. The number of aromatic nitrogens is 2. The average molecular weight is 288 g/mol. The van der Waals surface area contributed by atoms with Gasteiger partial charge in [0.15, 0.2) is 0 Å². The minimum Gasteiger partial charge on any atom is -0.383 e. The lowest BCUT2D eigenvalue weighted by atomic mass is 10.1. The highest BCUT2D eigenvalue weighted by Crippen LogP contribution is 2.27. The van der Waals surface area contributed by atoms with E-state index in [-0.39, 0.29) is 16.3 Å². The molecule has 0 aliphatic rings. The molecule has 1 heterocycles. The van der Waals surface area contributed by atoms with Crippen LogP contribution in [0.15, 0.2) is 4.90 Å². The maximum Gasteiger partial charge on any atom is 0.246 e. The Morgan fingerprint density at radius 3 is 2.37 bits per heavy atom. The first-order valence-electron chi connectivity index (χ1n) is 6.46. The number of unbranched alkanes of at least 4 members (excludes halogenated alkanes) is 1. The first kappa shape index (κ1) is 16.0. The van der Waals surface area contributed by atoms with E-state index in [0.717, 1.165) is 12.8 Å². The van der Waals surface area contributed by atoms with Gasteiger partial charge in [-0.15, -0.1) is 0 Å². The topological polar surface area (TPSA) is 90.0 Å². The number of nitrogens with zero attached hydrogens (tertiary/aromatic N) is 2. The maximum absolute atomic E-state index is 12.2. The summed E-state index contributed by atoms with van der Waals surface area (Å²) in [5.74, 6) is 0.189. The van der Waals surface area contributed by atoms with Crippen molar-refractivity contribution < 1.29 is 8.42 Å². The molecule has 6 nitrogen and oxygen atoms in total. The molecule has 7 heteroatoms.